The van der Waals surface area contributed by atoms with Crippen molar-refractivity contribution >= 4 is 11.4 Å². The van der Waals surface area contributed by atoms with Crippen LogP contribution < -0.4 is 17.2 Å². The smallest absolute Gasteiger partial charge is 0.123 e. The number of phenols is 1. The minimum Gasteiger partial charge on any atom is -0.507 e. The quantitative estimate of drug-likeness (QED) is 0.465. The molecule has 0 atom stereocenters. The number of benzene rings is 2. The Balaban J connectivity index is 2.56. The largest absolute Gasteiger partial charge is 0.507 e. The molecule has 0 aliphatic rings. The van der Waals surface area contributed by atoms with Crippen molar-refractivity contribution in [1.29, 1.82) is 0 Å². The second-order valence-electron chi connectivity index (χ2n) is 3.90. The SMILES string of the molecule is NCc1ccc(-c2cc(N)ccc2O)c(N)c1. The second kappa shape index (κ2) is 4.35. The third kappa shape index (κ3) is 2.16. The van der Waals surface area contributed by atoms with E-state index in [9.17, 15) is 5.11 Å². The van der Waals surface area contributed by atoms with Gasteiger partial charge in [0.05, 0.1) is 0 Å². The molecule has 0 heterocycles. The summed E-state index contributed by atoms with van der Waals surface area (Å²) >= 11 is 0. The Kier molecular flexibility index (Phi) is 2.89. The minimum atomic E-state index is 0.159. The van der Waals surface area contributed by atoms with E-state index in [1.54, 1.807) is 24.3 Å². The molecule has 0 saturated heterocycles. The maximum absolute atomic E-state index is 9.80. The van der Waals surface area contributed by atoms with E-state index in [-0.39, 0.29) is 5.75 Å². The number of hydrogen-bond donors (Lipinski definition) is 4. The lowest BCUT2D eigenvalue weighted by Gasteiger charge is -2.10. The van der Waals surface area contributed by atoms with E-state index in [2.05, 4.69) is 0 Å². The molecule has 88 valence electrons. The molecular formula is C13H15N3O. The third-order valence-electron chi connectivity index (χ3n) is 2.66. The lowest BCUT2D eigenvalue weighted by atomic mass is 10.0. The van der Waals surface area contributed by atoms with Crippen LogP contribution in [-0.2, 0) is 6.54 Å². The van der Waals surface area contributed by atoms with Crippen LogP contribution in [0.3, 0.4) is 0 Å². The first-order valence-corrected chi connectivity index (χ1v) is 5.29. The van der Waals surface area contributed by atoms with Crippen LogP contribution >= 0.6 is 0 Å². The van der Waals surface area contributed by atoms with Crippen LogP contribution in [0.5, 0.6) is 5.75 Å². The number of anilines is 2. The van der Waals surface area contributed by atoms with Crippen molar-refractivity contribution < 1.29 is 5.11 Å². The van der Waals surface area contributed by atoms with Crippen LogP contribution in [0, 0.1) is 0 Å². The molecule has 2 aromatic carbocycles. The maximum Gasteiger partial charge on any atom is 0.123 e. The van der Waals surface area contributed by atoms with Gasteiger partial charge >= 0.3 is 0 Å². The molecule has 0 unspecified atom stereocenters. The van der Waals surface area contributed by atoms with E-state index < -0.39 is 0 Å². The molecule has 4 nitrogen and oxygen atoms in total. The van der Waals surface area contributed by atoms with Crippen molar-refractivity contribution in [2.45, 2.75) is 6.54 Å². The summed E-state index contributed by atoms with van der Waals surface area (Å²) in [5.41, 5.74) is 20.7. The lowest BCUT2D eigenvalue weighted by molar-refractivity contribution is 0.477. The monoisotopic (exact) mass is 229 g/mol. The third-order valence-corrected chi connectivity index (χ3v) is 2.66. The Bertz CT molecular complexity index is 552. The molecule has 17 heavy (non-hydrogen) atoms. The van der Waals surface area contributed by atoms with Crippen molar-refractivity contribution in [3.05, 3.63) is 42.0 Å². The zero-order valence-corrected chi connectivity index (χ0v) is 9.35. The highest BCUT2D eigenvalue weighted by atomic mass is 16.3. The Labute approximate surface area is 99.7 Å². The zero-order valence-electron chi connectivity index (χ0n) is 9.35. The summed E-state index contributed by atoms with van der Waals surface area (Å²) in [5, 5.41) is 9.80. The van der Waals surface area contributed by atoms with Gasteiger partial charge in [-0.05, 0) is 29.8 Å². The van der Waals surface area contributed by atoms with Gasteiger partial charge in [-0.25, -0.2) is 0 Å². The lowest BCUT2D eigenvalue weighted by Crippen LogP contribution is -1.99. The number of nitrogen functional groups attached to an aromatic ring is 2. The van der Waals surface area contributed by atoms with Crippen LogP contribution in [0.1, 0.15) is 5.56 Å². The van der Waals surface area contributed by atoms with Gasteiger partial charge < -0.3 is 22.3 Å². The first-order chi connectivity index (χ1) is 8.11. The Morgan fingerprint density at radius 2 is 1.71 bits per heavy atom. The highest BCUT2D eigenvalue weighted by Gasteiger charge is 2.08. The Morgan fingerprint density at radius 3 is 2.35 bits per heavy atom. The van der Waals surface area contributed by atoms with Crippen molar-refractivity contribution in [3.63, 3.8) is 0 Å². The van der Waals surface area contributed by atoms with E-state index in [1.165, 1.54) is 0 Å². The molecule has 0 aliphatic heterocycles. The highest BCUT2D eigenvalue weighted by Crippen LogP contribution is 2.34. The molecule has 7 N–H and O–H groups in total. The summed E-state index contributed by atoms with van der Waals surface area (Å²) < 4.78 is 0. The molecular weight excluding hydrogens is 214 g/mol. The molecule has 0 radical (unpaired) electrons. The van der Waals surface area contributed by atoms with E-state index in [1.807, 2.05) is 12.1 Å². The molecule has 0 aliphatic carbocycles. The van der Waals surface area contributed by atoms with E-state index in [4.69, 9.17) is 17.2 Å². The summed E-state index contributed by atoms with van der Waals surface area (Å²) in [4.78, 5) is 0. The molecule has 4 heteroatoms. The number of nitrogens with two attached hydrogens (primary N) is 3. The average Bonchev–Trinajstić information content (AvgIpc) is 2.32. The number of phenolic OH excluding ortho intramolecular Hbond substituents is 1. The van der Waals surface area contributed by atoms with Crippen LogP contribution in [0.4, 0.5) is 11.4 Å². The van der Waals surface area contributed by atoms with Crippen molar-refractivity contribution in [2.75, 3.05) is 11.5 Å². The van der Waals surface area contributed by atoms with Gasteiger partial charge in [0.2, 0.25) is 0 Å². The summed E-state index contributed by atoms with van der Waals surface area (Å²) in [6.07, 6.45) is 0. The van der Waals surface area contributed by atoms with E-state index in [0.29, 0.717) is 23.5 Å². The van der Waals surface area contributed by atoms with Crippen LogP contribution in [0.25, 0.3) is 11.1 Å². The average molecular weight is 229 g/mol. The van der Waals surface area contributed by atoms with Gasteiger partial charge in [-0.2, -0.15) is 0 Å². The van der Waals surface area contributed by atoms with Crippen LogP contribution in [0.2, 0.25) is 0 Å². The van der Waals surface area contributed by atoms with Gasteiger partial charge in [-0.15, -0.1) is 0 Å². The fourth-order valence-electron chi connectivity index (χ4n) is 1.75. The summed E-state index contributed by atoms with van der Waals surface area (Å²) in [5.74, 6) is 0.159. The topological polar surface area (TPSA) is 98.3 Å². The fourth-order valence-corrected chi connectivity index (χ4v) is 1.75. The highest BCUT2D eigenvalue weighted by molar-refractivity contribution is 5.82. The Morgan fingerprint density at radius 1 is 0.941 bits per heavy atom. The van der Waals surface area contributed by atoms with Crippen molar-refractivity contribution in [1.82, 2.24) is 0 Å². The van der Waals surface area contributed by atoms with Gasteiger partial charge in [0.15, 0.2) is 0 Å². The van der Waals surface area contributed by atoms with Crippen molar-refractivity contribution in [3.8, 4) is 16.9 Å². The molecule has 2 aromatic rings. The summed E-state index contributed by atoms with van der Waals surface area (Å²) in [6.45, 7) is 0.438. The molecule has 0 bridgehead atoms. The summed E-state index contributed by atoms with van der Waals surface area (Å²) in [7, 11) is 0. The van der Waals surface area contributed by atoms with Gasteiger partial charge in [-0.3, -0.25) is 0 Å². The van der Waals surface area contributed by atoms with E-state index >= 15 is 0 Å². The molecule has 0 spiro atoms. The van der Waals surface area contributed by atoms with Gasteiger partial charge in [0.1, 0.15) is 5.75 Å². The van der Waals surface area contributed by atoms with Gasteiger partial charge in [-0.1, -0.05) is 12.1 Å². The number of rotatable bonds is 2. The number of aromatic hydroxyl groups is 1. The second-order valence-corrected chi connectivity index (χ2v) is 3.90. The Hall–Kier alpha value is -2.20. The zero-order chi connectivity index (χ0) is 12.4. The molecule has 0 fully saturated rings. The summed E-state index contributed by atoms with van der Waals surface area (Å²) in [6, 6.07) is 10.4. The maximum atomic E-state index is 9.80. The number of hydrogen-bond acceptors (Lipinski definition) is 4. The first kappa shape index (κ1) is 11.3. The predicted octanol–water partition coefficient (Wildman–Crippen LogP) is 1.68. The van der Waals surface area contributed by atoms with Crippen LogP contribution in [0.15, 0.2) is 36.4 Å². The molecule has 0 aromatic heterocycles. The minimum absolute atomic E-state index is 0.159. The van der Waals surface area contributed by atoms with Gasteiger partial charge in [0.25, 0.3) is 0 Å². The van der Waals surface area contributed by atoms with Gasteiger partial charge in [0, 0.05) is 29.0 Å². The molecule has 2 rings (SSSR count). The van der Waals surface area contributed by atoms with E-state index in [0.717, 1.165) is 11.1 Å². The standard InChI is InChI=1S/C13H15N3O/c14-7-8-1-3-10(12(16)5-8)11-6-9(15)2-4-13(11)17/h1-6,17H,7,14-16H2. The predicted molar refractivity (Wildman–Crippen MR) is 70.3 cm³/mol. The molecule has 0 amide bonds. The van der Waals surface area contributed by atoms with Crippen LogP contribution in [-0.4, -0.2) is 5.11 Å². The fraction of sp³-hybridized carbons (Fsp3) is 0.0769. The normalized spacial score (nSPS) is 10.4. The molecule has 0 saturated carbocycles. The van der Waals surface area contributed by atoms with Crippen molar-refractivity contribution in [2.24, 2.45) is 5.73 Å². The first-order valence-electron chi connectivity index (χ1n) is 5.29.